The Morgan fingerprint density at radius 2 is 2.29 bits per heavy atom. The second kappa shape index (κ2) is 6.23. The van der Waals surface area contributed by atoms with E-state index in [0.717, 1.165) is 6.07 Å². The summed E-state index contributed by atoms with van der Waals surface area (Å²) in [5, 5.41) is 27.0. The molecule has 8 nitrogen and oxygen atoms in total. The molecule has 0 saturated carbocycles. The molecule has 2 N–H and O–H groups in total. The molecule has 0 aliphatic rings. The lowest BCUT2D eigenvalue weighted by Crippen LogP contribution is -2.14. The number of phenolic OH excluding ortho intramolecular Hbond substituents is 1. The highest BCUT2D eigenvalue weighted by molar-refractivity contribution is 6.30. The van der Waals surface area contributed by atoms with Crippen molar-refractivity contribution in [3.05, 3.63) is 45.7 Å². The number of benzene rings is 1. The van der Waals surface area contributed by atoms with E-state index in [1.807, 2.05) is 0 Å². The van der Waals surface area contributed by atoms with Gasteiger partial charge in [0, 0.05) is 25.2 Å². The van der Waals surface area contributed by atoms with Crippen molar-refractivity contribution in [2.24, 2.45) is 0 Å². The molecule has 1 aromatic carbocycles. The molecule has 1 heterocycles. The number of phenols is 1. The van der Waals surface area contributed by atoms with Crippen LogP contribution >= 0.6 is 11.6 Å². The summed E-state index contributed by atoms with van der Waals surface area (Å²) in [6.45, 7) is 0.326. The van der Waals surface area contributed by atoms with Crippen LogP contribution in [0.15, 0.2) is 30.6 Å². The molecule has 2 aromatic rings. The highest BCUT2D eigenvalue weighted by Crippen LogP contribution is 2.27. The van der Waals surface area contributed by atoms with E-state index in [-0.39, 0.29) is 29.5 Å². The van der Waals surface area contributed by atoms with Crippen molar-refractivity contribution in [2.75, 3.05) is 5.32 Å². The zero-order valence-corrected chi connectivity index (χ0v) is 11.4. The van der Waals surface area contributed by atoms with Gasteiger partial charge in [0.2, 0.25) is 5.91 Å². The van der Waals surface area contributed by atoms with Gasteiger partial charge in [0.15, 0.2) is 0 Å². The molecule has 1 amide bonds. The van der Waals surface area contributed by atoms with Crippen LogP contribution in [0.25, 0.3) is 0 Å². The highest BCUT2D eigenvalue weighted by atomic mass is 35.5. The second-order valence-electron chi connectivity index (χ2n) is 4.18. The first-order chi connectivity index (χ1) is 9.95. The van der Waals surface area contributed by atoms with Crippen LogP contribution in [-0.2, 0) is 11.3 Å². The van der Waals surface area contributed by atoms with Gasteiger partial charge in [-0.15, -0.1) is 0 Å². The first kappa shape index (κ1) is 14.8. The number of nitro groups is 1. The number of aryl methyl sites for hydroxylation is 1. The predicted molar refractivity (Wildman–Crippen MR) is 75.2 cm³/mol. The van der Waals surface area contributed by atoms with Crippen molar-refractivity contribution in [1.82, 2.24) is 9.78 Å². The summed E-state index contributed by atoms with van der Waals surface area (Å²) in [7, 11) is 0. The zero-order chi connectivity index (χ0) is 15.4. The van der Waals surface area contributed by atoms with Crippen LogP contribution in [-0.4, -0.2) is 25.7 Å². The molecule has 0 unspecified atom stereocenters. The van der Waals surface area contributed by atoms with Crippen LogP contribution in [0, 0.1) is 10.1 Å². The third kappa shape index (κ3) is 3.93. The third-order valence-corrected chi connectivity index (χ3v) is 2.83. The highest BCUT2D eigenvalue weighted by Gasteiger charge is 2.12. The number of hydrogen-bond donors (Lipinski definition) is 2. The zero-order valence-electron chi connectivity index (χ0n) is 10.7. The molecule has 0 fully saturated rings. The quantitative estimate of drug-likeness (QED) is 0.499. The Labute approximate surface area is 124 Å². The fourth-order valence-corrected chi connectivity index (χ4v) is 1.79. The van der Waals surface area contributed by atoms with Gasteiger partial charge in [-0.05, 0) is 6.07 Å². The van der Waals surface area contributed by atoms with Gasteiger partial charge in [-0.25, -0.2) is 0 Å². The summed E-state index contributed by atoms with van der Waals surface area (Å²) in [6, 6.07) is 3.45. The molecule has 0 spiro atoms. The normalized spacial score (nSPS) is 10.3. The van der Waals surface area contributed by atoms with Gasteiger partial charge >= 0.3 is 0 Å². The van der Waals surface area contributed by atoms with E-state index in [1.165, 1.54) is 23.0 Å². The summed E-state index contributed by atoms with van der Waals surface area (Å²) >= 11 is 5.69. The van der Waals surface area contributed by atoms with Crippen molar-refractivity contribution < 1.29 is 14.8 Å². The summed E-state index contributed by atoms with van der Waals surface area (Å²) in [6.07, 6.45) is 3.16. The van der Waals surface area contributed by atoms with Gasteiger partial charge in [-0.3, -0.25) is 19.6 Å². The average molecular weight is 311 g/mol. The van der Waals surface area contributed by atoms with Gasteiger partial charge < -0.3 is 10.4 Å². The number of rotatable bonds is 5. The van der Waals surface area contributed by atoms with Crippen LogP contribution < -0.4 is 5.32 Å². The number of carbonyl (C=O) groups is 1. The Kier molecular flexibility index (Phi) is 4.39. The summed E-state index contributed by atoms with van der Waals surface area (Å²) in [4.78, 5) is 21.6. The molecule has 0 atom stereocenters. The molecule has 110 valence electrons. The molecule has 0 saturated heterocycles. The third-order valence-electron chi connectivity index (χ3n) is 2.64. The number of carbonyl (C=O) groups excluding carboxylic acids is 1. The van der Waals surface area contributed by atoms with E-state index in [9.17, 15) is 20.0 Å². The van der Waals surface area contributed by atoms with Gasteiger partial charge in [-0.1, -0.05) is 11.6 Å². The van der Waals surface area contributed by atoms with E-state index in [4.69, 9.17) is 11.6 Å². The van der Waals surface area contributed by atoms with Crippen LogP contribution in [0.1, 0.15) is 6.42 Å². The lowest BCUT2D eigenvalue weighted by molar-refractivity contribution is -0.384. The Morgan fingerprint density at radius 1 is 1.52 bits per heavy atom. The van der Waals surface area contributed by atoms with Crippen molar-refractivity contribution in [3.8, 4) is 5.75 Å². The van der Waals surface area contributed by atoms with Crippen LogP contribution in [0.3, 0.4) is 0 Å². The second-order valence-corrected chi connectivity index (χ2v) is 4.61. The molecule has 9 heteroatoms. The molecular formula is C12H11ClN4O4. The van der Waals surface area contributed by atoms with E-state index in [0.29, 0.717) is 11.6 Å². The Bertz CT molecular complexity index is 686. The van der Waals surface area contributed by atoms with E-state index in [2.05, 4.69) is 10.4 Å². The molecule has 0 aliphatic carbocycles. The number of nitrogens with one attached hydrogen (secondary N) is 1. The van der Waals surface area contributed by atoms with E-state index >= 15 is 0 Å². The molecule has 1 aromatic heterocycles. The molecule has 0 bridgehead atoms. The van der Waals surface area contributed by atoms with Gasteiger partial charge in [-0.2, -0.15) is 5.10 Å². The monoisotopic (exact) mass is 310 g/mol. The van der Waals surface area contributed by atoms with Gasteiger partial charge in [0.1, 0.15) is 5.75 Å². The van der Waals surface area contributed by atoms with Crippen molar-refractivity contribution in [2.45, 2.75) is 13.0 Å². The minimum atomic E-state index is -0.632. The first-order valence-electron chi connectivity index (χ1n) is 5.91. The molecule has 2 rings (SSSR count). The minimum Gasteiger partial charge on any atom is -0.506 e. The van der Waals surface area contributed by atoms with Crippen LogP contribution in [0.5, 0.6) is 5.75 Å². The van der Waals surface area contributed by atoms with E-state index in [1.54, 1.807) is 6.20 Å². The van der Waals surface area contributed by atoms with Gasteiger partial charge in [0.05, 0.1) is 27.9 Å². The predicted octanol–water partition coefficient (Wildman–Crippen LogP) is 2.18. The average Bonchev–Trinajstić information content (AvgIpc) is 2.84. The number of halogens is 1. The van der Waals surface area contributed by atoms with Crippen molar-refractivity contribution >= 4 is 28.9 Å². The molecule has 0 radical (unpaired) electrons. The van der Waals surface area contributed by atoms with Gasteiger partial charge in [0.25, 0.3) is 5.69 Å². The maximum absolute atomic E-state index is 11.7. The SMILES string of the molecule is O=C(CCn1cc(Cl)cn1)Nc1ccc([N+](=O)[O-])cc1O. The lowest BCUT2D eigenvalue weighted by Gasteiger charge is -2.07. The maximum Gasteiger partial charge on any atom is 0.273 e. The molecule has 21 heavy (non-hydrogen) atoms. The lowest BCUT2D eigenvalue weighted by atomic mass is 10.2. The number of aromatic hydroxyl groups is 1. The largest absolute Gasteiger partial charge is 0.506 e. The van der Waals surface area contributed by atoms with Crippen molar-refractivity contribution in [3.63, 3.8) is 0 Å². The number of non-ortho nitro benzene ring substituents is 1. The number of hydrogen-bond acceptors (Lipinski definition) is 5. The number of nitrogens with zero attached hydrogens (tertiary/aromatic N) is 3. The maximum atomic E-state index is 11.7. The number of amides is 1. The number of nitro benzene ring substituents is 1. The Hall–Kier alpha value is -2.61. The van der Waals surface area contributed by atoms with Crippen LogP contribution in [0.2, 0.25) is 5.02 Å². The van der Waals surface area contributed by atoms with Crippen LogP contribution in [0.4, 0.5) is 11.4 Å². The minimum absolute atomic E-state index is 0.115. The Balaban J connectivity index is 1.94. The van der Waals surface area contributed by atoms with E-state index < -0.39 is 4.92 Å². The standard InChI is InChI=1S/C12H11ClN4O4/c13-8-6-14-16(7-8)4-3-12(19)15-10-2-1-9(17(20)21)5-11(10)18/h1-2,5-7,18H,3-4H2,(H,15,19). The fraction of sp³-hybridized carbons (Fsp3) is 0.167. The number of anilines is 1. The number of aromatic nitrogens is 2. The summed E-state index contributed by atoms with van der Waals surface area (Å²) < 4.78 is 1.51. The first-order valence-corrected chi connectivity index (χ1v) is 6.28. The molecule has 0 aliphatic heterocycles. The summed E-state index contributed by atoms with van der Waals surface area (Å²) in [5.74, 6) is -0.717. The van der Waals surface area contributed by atoms with Crippen molar-refractivity contribution in [1.29, 1.82) is 0 Å². The fourth-order valence-electron chi connectivity index (χ4n) is 1.63. The summed E-state index contributed by atoms with van der Waals surface area (Å²) in [5.41, 5.74) is -0.138. The topological polar surface area (TPSA) is 110 Å². The smallest absolute Gasteiger partial charge is 0.273 e. The Morgan fingerprint density at radius 3 is 2.86 bits per heavy atom. The molecular weight excluding hydrogens is 300 g/mol.